The van der Waals surface area contributed by atoms with E-state index in [1.54, 1.807) is 11.6 Å². The maximum atomic E-state index is 12.4. The molecule has 0 saturated carbocycles. The fourth-order valence-electron chi connectivity index (χ4n) is 2.93. The third-order valence-electron chi connectivity index (χ3n) is 4.25. The Morgan fingerprint density at radius 1 is 0.897 bits per heavy atom. The topological polar surface area (TPSA) is 57.0 Å². The van der Waals surface area contributed by atoms with Gasteiger partial charge in [-0.2, -0.15) is 0 Å². The van der Waals surface area contributed by atoms with Gasteiger partial charge in [0.2, 0.25) is 0 Å². The number of carbonyl (C=O) groups excluding carboxylic acids is 1. The third-order valence-corrected chi connectivity index (χ3v) is 6.38. The van der Waals surface area contributed by atoms with Gasteiger partial charge in [-0.15, -0.1) is 0 Å². The summed E-state index contributed by atoms with van der Waals surface area (Å²) in [4.78, 5) is 12.4. The molecule has 3 aromatic carbocycles. The molecule has 0 aliphatic heterocycles. The molecule has 5 nitrogen and oxygen atoms in total. The van der Waals surface area contributed by atoms with Crippen molar-refractivity contribution in [1.29, 1.82) is 0 Å². The summed E-state index contributed by atoms with van der Waals surface area (Å²) in [5, 5.41) is 8.37. The van der Waals surface area contributed by atoms with Gasteiger partial charge in [0.05, 0.1) is 0 Å². The summed E-state index contributed by atoms with van der Waals surface area (Å²) >= 11 is 0.237. The van der Waals surface area contributed by atoms with E-state index < -0.39 is 5.97 Å². The third kappa shape index (κ3) is 4.29. The summed E-state index contributed by atoms with van der Waals surface area (Å²) in [6.45, 7) is 2.06. The Morgan fingerprint density at radius 2 is 1.52 bits per heavy atom. The molecule has 0 saturated heterocycles. The number of nitrogens with zero attached hydrogens (tertiary/aromatic N) is 3. The van der Waals surface area contributed by atoms with Crippen LogP contribution in [0.3, 0.4) is 0 Å². The van der Waals surface area contributed by atoms with Crippen LogP contribution in [0.25, 0.3) is 16.9 Å². The molecule has 0 aliphatic carbocycles. The van der Waals surface area contributed by atoms with Crippen LogP contribution in [0.1, 0.15) is 17.4 Å². The van der Waals surface area contributed by atoms with Crippen LogP contribution in [0.5, 0.6) is 0 Å². The van der Waals surface area contributed by atoms with Crippen molar-refractivity contribution in [2.75, 3.05) is 6.61 Å². The van der Waals surface area contributed by atoms with E-state index in [1.165, 1.54) is 8.92 Å². The summed E-state index contributed by atoms with van der Waals surface area (Å²) in [6.07, 6.45) is 0. The van der Waals surface area contributed by atoms with Crippen LogP contribution >= 0.6 is 0 Å². The first-order valence-electron chi connectivity index (χ1n) is 9.28. The van der Waals surface area contributed by atoms with E-state index in [0.29, 0.717) is 5.69 Å². The molecule has 0 unspecified atom stereocenters. The molecule has 6 heteroatoms. The quantitative estimate of drug-likeness (QED) is 0.336. The Labute approximate surface area is 175 Å². The molecule has 29 heavy (non-hydrogen) atoms. The van der Waals surface area contributed by atoms with E-state index in [1.807, 2.05) is 48.5 Å². The van der Waals surface area contributed by atoms with Crippen LogP contribution < -0.4 is 8.92 Å². The monoisotopic (exact) mass is 449 g/mol. The second kappa shape index (κ2) is 8.86. The van der Waals surface area contributed by atoms with Crippen LogP contribution in [0.4, 0.5) is 0 Å². The molecule has 4 rings (SSSR count). The number of benzene rings is 3. The Morgan fingerprint density at radius 3 is 2.17 bits per heavy atom. The van der Waals surface area contributed by atoms with Crippen molar-refractivity contribution in [3.05, 3.63) is 90.6 Å². The van der Waals surface area contributed by atoms with Gasteiger partial charge in [-0.25, -0.2) is 0 Å². The van der Waals surface area contributed by atoms with Gasteiger partial charge in [0.25, 0.3) is 0 Å². The molecule has 144 valence electrons. The average molecular weight is 448 g/mol. The van der Waals surface area contributed by atoms with E-state index >= 15 is 0 Å². The number of ether oxygens (including phenoxy) is 1. The van der Waals surface area contributed by atoms with Crippen LogP contribution in [-0.2, 0) is 4.74 Å². The minimum absolute atomic E-state index is 0.218. The number of carbonyl (C=O) groups is 1. The fourth-order valence-corrected chi connectivity index (χ4v) is 4.69. The number of aromatic nitrogens is 3. The van der Waals surface area contributed by atoms with Crippen LogP contribution in [-0.4, -0.2) is 42.5 Å². The summed E-state index contributed by atoms with van der Waals surface area (Å²) in [6, 6.07) is 28.3. The van der Waals surface area contributed by atoms with Crippen LogP contribution in [0.15, 0.2) is 84.9 Å². The molecule has 0 atom stereocenters. The number of hydrogen-bond acceptors (Lipinski definition) is 4. The Kier molecular flexibility index (Phi) is 5.84. The van der Waals surface area contributed by atoms with Crippen molar-refractivity contribution in [2.24, 2.45) is 0 Å². The van der Waals surface area contributed by atoms with Gasteiger partial charge < -0.3 is 0 Å². The summed E-state index contributed by atoms with van der Waals surface area (Å²) in [5.41, 5.74) is 2.55. The Hall–Kier alpha value is -3.21. The van der Waals surface area contributed by atoms with E-state index in [2.05, 4.69) is 46.7 Å². The summed E-state index contributed by atoms with van der Waals surface area (Å²) in [5.74, 6) is -0.471. The molecule has 1 aromatic heterocycles. The predicted molar refractivity (Wildman–Crippen MR) is 114 cm³/mol. The van der Waals surface area contributed by atoms with Crippen LogP contribution in [0, 0.1) is 0 Å². The summed E-state index contributed by atoms with van der Waals surface area (Å²) < 4.78 is 9.45. The first-order valence-corrected chi connectivity index (χ1v) is 11.0. The zero-order valence-corrected chi connectivity index (χ0v) is 17.6. The van der Waals surface area contributed by atoms with Crippen molar-refractivity contribution < 1.29 is 9.53 Å². The van der Waals surface area contributed by atoms with Crippen molar-refractivity contribution in [1.82, 2.24) is 15.0 Å². The van der Waals surface area contributed by atoms with E-state index in [-0.39, 0.29) is 27.3 Å². The molecule has 0 fully saturated rings. The molecule has 0 amide bonds. The second-order valence-electron chi connectivity index (χ2n) is 6.19. The van der Waals surface area contributed by atoms with Gasteiger partial charge in [0.1, 0.15) is 0 Å². The number of rotatable bonds is 6. The molecule has 1 heterocycles. The Bertz CT molecular complexity index is 1090. The van der Waals surface area contributed by atoms with Crippen molar-refractivity contribution in [3.63, 3.8) is 0 Å². The van der Waals surface area contributed by atoms with E-state index in [0.717, 1.165) is 11.3 Å². The average Bonchev–Trinajstić information content (AvgIpc) is 3.21. The van der Waals surface area contributed by atoms with E-state index in [4.69, 9.17) is 4.74 Å². The summed E-state index contributed by atoms with van der Waals surface area (Å²) in [7, 11) is 0. The zero-order valence-electron chi connectivity index (χ0n) is 15.9. The molecular formula is C23H19N3O2Se. The van der Waals surface area contributed by atoms with E-state index in [9.17, 15) is 4.79 Å². The Balaban J connectivity index is 1.70. The normalized spacial score (nSPS) is 10.7. The van der Waals surface area contributed by atoms with Crippen molar-refractivity contribution in [3.8, 4) is 16.9 Å². The van der Waals surface area contributed by atoms with Gasteiger partial charge in [0, 0.05) is 0 Å². The molecule has 0 bridgehead atoms. The first-order chi connectivity index (χ1) is 14.3. The molecule has 4 aromatic rings. The molecule has 0 radical (unpaired) electrons. The maximum absolute atomic E-state index is 12.4. The molecular weight excluding hydrogens is 429 g/mol. The number of hydrogen-bond donors (Lipinski definition) is 0. The van der Waals surface area contributed by atoms with Crippen molar-refractivity contribution in [2.45, 2.75) is 6.92 Å². The van der Waals surface area contributed by atoms with Crippen LogP contribution in [0.2, 0.25) is 0 Å². The SMILES string of the molecule is CCOC(=O)c1nnn(-c2ccc([Se]c3ccccc3)cc2)c1-c1ccccc1. The first kappa shape index (κ1) is 19.1. The minimum atomic E-state index is -0.471. The fraction of sp³-hybridized carbons (Fsp3) is 0.0870. The molecule has 0 spiro atoms. The van der Waals surface area contributed by atoms with Gasteiger partial charge >= 0.3 is 175 Å². The predicted octanol–water partition coefficient (Wildman–Crippen LogP) is 2.77. The van der Waals surface area contributed by atoms with Gasteiger partial charge in [-0.1, -0.05) is 0 Å². The van der Waals surface area contributed by atoms with Gasteiger partial charge in [0.15, 0.2) is 0 Å². The zero-order chi connectivity index (χ0) is 20.1. The number of esters is 1. The molecule has 0 aliphatic rings. The van der Waals surface area contributed by atoms with Gasteiger partial charge in [-0.3, -0.25) is 0 Å². The molecule has 0 N–H and O–H groups in total. The van der Waals surface area contributed by atoms with Gasteiger partial charge in [-0.05, 0) is 0 Å². The standard InChI is InChI=1S/C23H19N3O2Se/c1-2-28-23(27)21-22(17-9-5-3-6-10-17)26(25-24-21)18-13-15-20(16-14-18)29-19-11-7-4-8-12-19/h3-16H,2H2,1H3. The second-order valence-corrected chi connectivity index (χ2v) is 8.60. The van der Waals surface area contributed by atoms with Crippen molar-refractivity contribution >= 4 is 29.8 Å².